The molecule has 30 heavy (non-hydrogen) atoms. The summed E-state index contributed by atoms with van der Waals surface area (Å²) in [4.78, 5) is 13.7. The number of hydrogen-bond donors (Lipinski definition) is 0. The van der Waals surface area contributed by atoms with Crippen molar-refractivity contribution < 1.29 is 4.39 Å². The fraction of sp³-hybridized carbons (Fsp3) is 0.421. The van der Waals surface area contributed by atoms with E-state index in [0.29, 0.717) is 11.2 Å². The first-order chi connectivity index (χ1) is 14.7. The van der Waals surface area contributed by atoms with Crippen molar-refractivity contribution in [2.24, 2.45) is 0 Å². The summed E-state index contributed by atoms with van der Waals surface area (Å²) >= 11 is 3.03. The molecule has 3 aromatic heterocycles. The lowest BCUT2D eigenvalue weighted by Crippen LogP contribution is -2.48. The van der Waals surface area contributed by atoms with E-state index in [1.54, 1.807) is 23.6 Å². The molecule has 11 heteroatoms. The molecule has 0 radical (unpaired) electrons. The maximum absolute atomic E-state index is 14.0. The first-order valence-corrected chi connectivity index (χ1v) is 11.6. The second kappa shape index (κ2) is 8.32. The molecule has 4 heterocycles. The van der Waals surface area contributed by atoms with Gasteiger partial charge >= 0.3 is 0 Å². The van der Waals surface area contributed by atoms with Gasteiger partial charge < -0.3 is 4.90 Å². The molecule has 0 saturated carbocycles. The molecule has 0 aliphatic carbocycles. The standard InChI is InChI=1S/C19H21FN8S2/c1-2-15(18-23-24-25-28(18)12-16-21-6-11-29-16)26-7-9-27(10-8-26)19-22-14-5-3-4-13(20)17(14)30-19/h3-6,11,15H,2,7-10,12H2,1H3. The predicted octanol–water partition coefficient (Wildman–Crippen LogP) is 3.20. The van der Waals surface area contributed by atoms with E-state index < -0.39 is 0 Å². The summed E-state index contributed by atoms with van der Waals surface area (Å²) in [6, 6.07) is 5.21. The maximum atomic E-state index is 14.0. The van der Waals surface area contributed by atoms with E-state index in [9.17, 15) is 4.39 Å². The van der Waals surface area contributed by atoms with Crippen LogP contribution in [-0.4, -0.2) is 61.3 Å². The van der Waals surface area contributed by atoms with Gasteiger partial charge in [-0.15, -0.1) is 16.4 Å². The fourth-order valence-electron chi connectivity index (χ4n) is 3.89. The van der Waals surface area contributed by atoms with Gasteiger partial charge in [-0.1, -0.05) is 24.3 Å². The molecule has 1 aliphatic rings. The summed E-state index contributed by atoms with van der Waals surface area (Å²) in [5.41, 5.74) is 0.727. The van der Waals surface area contributed by atoms with Crippen molar-refractivity contribution in [2.75, 3.05) is 31.1 Å². The Hall–Kier alpha value is -2.50. The lowest BCUT2D eigenvalue weighted by molar-refractivity contribution is 0.169. The van der Waals surface area contributed by atoms with Crippen LogP contribution < -0.4 is 4.90 Å². The first-order valence-electron chi connectivity index (χ1n) is 9.91. The van der Waals surface area contributed by atoms with Crippen LogP contribution in [0, 0.1) is 5.82 Å². The molecule has 1 aliphatic heterocycles. The number of piperazine rings is 1. The zero-order valence-corrected chi connectivity index (χ0v) is 18.1. The van der Waals surface area contributed by atoms with E-state index in [1.807, 2.05) is 16.1 Å². The molecule has 0 N–H and O–H groups in total. The normalized spacial score (nSPS) is 16.4. The van der Waals surface area contributed by atoms with E-state index in [2.05, 4.69) is 42.2 Å². The number of thiazole rings is 2. The van der Waals surface area contributed by atoms with Crippen molar-refractivity contribution in [3.8, 4) is 0 Å². The highest BCUT2D eigenvalue weighted by atomic mass is 32.1. The van der Waals surface area contributed by atoms with Gasteiger partial charge in [0.15, 0.2) is 11.0 Å². The van der Waals surface area contributed by atoms with Gasteiger partial charge in [-0.25, -0.2) is 19.0 Å². The van der Waals surface area contributed by atoms with Gasteiger partial charge in [0.1, 0.15) is 10.8 Å². The number of halogens is 1. The zero-order chi connectivity index (χ0) is 20.5. The van der Waals surface area contributed by atoms with Crippen molar-refractivity contribution in [1.29, 1.82) is 0 Å². The molecule has 5 rings (SSSR count). The van der Waals surface area contributed by atoms with E-state index in [0.717, 1.165) is 54.1 Å². The van der Waals surface area contributed by atoms with Gasteiger partial charge in [0, 0.05) is 37.8 Å². The van der Waals surface area contributed by atoms with Crippen LogP contribution in [0.3, 0.4) is 0 Å². The van der Waals surface area contributed by atoms with Gasteiger partial charge in [-0.05, 0) is 29.0 Å². The monoisotopic (exact) mass is 444 g/mol. The number of benzene rings is 1. The lowest BCUT2D eigenvalue weighted by Gasteiger charge is -2.38. The third kappa shape index (κ3) is 3.68. The Morgan fingerprint density at radius 3 is 2.80 bits per heavy atom. The van der Waals surface area contributed by atoms with Gasteiger partial charge in [0.2, 0.25) is 0 Å². The SMILES string of the molecule is CCC(c1nnnn1Cc1nccs1)N1CCN(c2nc3cccc(F)c3s2)CC1. The zero-order valence-electron chi connectivity index (χ0n) is 16.5. The Bertz CT molecular complexity index is 1120. The van der Waals surface area contributed by atoms with Crippen LogP contribution in [-0.2, 0) is 6.54 Å². The molecule has 0 amide bonds. The minimum absolute atomic E-state index is 0.148. The highest BCUT2D eigenvalue weighted by Gasteiger charge is 2.29. The van der Waals surface area contributed by atoms with Crippen LogP contribution in [0.1, 0.15) is 30.2 Å². The number of aromatic nitrogens is 6. The van der Waals surface area contributed by atoms with Gasteiger partial charge in [0.05, 0.1) is 22.8 Å². The second-order valence-electron chi connectivity index (χ2n) is 7.15. The third-order valence-electron chi connectivity index (χ3n) is 5.39. The van der Waals surface area contributed by atoms with Crippen LogP contribution in [0.4, 0.5) is 9.52 Å². The summed E-state index contributed by atoms with van der Waals surface area (Å²) < 4.78 is 16.5. The summed E-state index contributed by atoms with van der Waals surface area (Å²) in [5, 5.41) is 16.3. The van der Waals surface area contributed by atoms with Crippen molar-refractivity contribution in [3.05, 3.63) is 46.4 Å². The number of hydrogen-bond acceptors (Lipinski definition) is 9. The second-order valence-corrected chi connectivity index (χ2v) is 9.11. The highest BCUT2D eigenvalue weighted by Crippen LogP contribution is 2.32. The summed E-state index contributed by atoms with van der Waals surface area (Å²) in [6.45, 7) is 6.18. The molecule has 1 aromatic carbocycles. The minimum Gasteiger partial charge on any atom is -0.345 e. The molecular formula is C19H21FN8S2. The predicted molar refractivity (Wildman–Crippen MR) is 115 cm³/mol. The summed E-state index contributed by atoms with van der Waals surface area (Å²) in [5.74, 6) is 0.677. The first kappa shape index (κ1) is 19.5. The minimum atomic E-state index is -0.201. The molecule has 4 aromatic rings. The van der Waals surface area contributed by atoms with Crippen LogP contribution in [0.2, 0.25) is 0 Å². The van der Waals surface area contributed by atoms with Crippen LogP contribution in [0.25, 0.3) is 10.2 Å². The van der Waals surface area contributed by atoms with Gasteiger partial charge in [-0.3, -0.25) is 4.90 Å². The summed E-state index contributed by atoms with van der Waals surface area (Å²) in [7, 11) is 0. The Balaban J connectivity index is 1.29. The molecule has 1 fully saturated rings. The Morgan fingerprint density at radius 2 is 2.07 bits per heavy atom. The highest BCUT2D eigenvalue weighted by molar-refractivity contribution is 7.22. The molecule has 156 valence electrons. The van der Waals surface area contributed by atoms with Crippen LogP contribution in [0.5, 0.6) is 0 Å². The number of tetrazole rings is 1. The van der Waals surface area contributed by atoms with E-state index in [1.165, 1.54) is 17.4 Å². The Morgan fingerprint density at radius 1 is 1.20 bits per heavy atom. The maximum Gasteiger partial charge on any atom is 0.186 e. The van der Waals surface area contributed by atoms with Crippen molar-refractivity contribution in [3.63, 3.8) is 0 Å². The number of rotatable bonds is 6. The number of anilines is 1. The largest absolute Gasteiger partial charge is 0.345 e. The third-order valence-corrected chi connectivity index (χ3v) is 7.30. The Kier molecular flexibility index (Phi) is 5.40. The van der Waals surface area contributed by atoms with Crippen molar-refractivity contribution in [2.45, 2.75) is 25.9 Å². The molecule has 1 unspecified atom stereocenters. The average Bonchev–Trinajstić information content (AvgIpc) is 3.52. The smallest absolute Gasteiger partial charge is 0.186 e. The molecule has 0 bridgehead atoms. The van der Waals surface area contributed by atoms with E-state index in [4.69, 9.17) is 0 Å². The molecular weight excluding hydrogens is 423 g/mol. The van der Waals surface area contributed by atoms with Gasteiger partial charge in [0.25, 0.3) is 0 Å². The van der Waals surface area contributed by atoms with E-state index >= 15 is 0 Å². The van der Waals surface area contributed by atoms with E-state index in [-0.39, 0.29) is 11.9 Å². The topological polar surface area (TPSA) is 75.9 Å². The van der Waals surface area contributed by atoms with Gasteiger partial charge in [-0.2, -0.15) is 0 Å². The van der Waals surface area contributed by atoms with Crippen LogP contribution in [0.15, 0.2) is 29.8 Å². The molecule has 1 atom stereocenters. The van der Waals surface area contributed by atoms with Crippen molar-refractivity contribution >= 4 is 38.0 Å². The van der Waals surface area contributed by atoms with Crippen LogP contribution >= 0.6 is 22.7 Å². The number of fused-ring (bicyclic) bond motifs is 1. The number of nitrogens with zero attached hydrogens (tertiary/aromatic N) is 8. The average molecular weight is 445 g/mol. The molecule has 1 saturated heterocycles. The summed E-state index contributed by atoms with van der Waals surface area (Å²) in [6.07, 6.45) is 2.72. The molecule has 0 spiro atoms. The fourth-order valence-corrected chi connectivity index (χ4v) is 5.51. The lowest BCUT2D eigenvalue weighted by atomic mass is 10.1. The quantitative estimate of drug-likeness (QED) is 0.452. The molecule has 8 nitrogen and oxygen atoms in total. The van der Waals surface area contributed by atoms with Crippen molar-refractivity contribution in [1.82, 2.24) is 35.1 Å². The Labute approximate surface area is 181 Å².